The maximum atomic E-state index is 6.32. The molecule has 0 N–H and O–H groups in total. The van der Waals surface area contributed by atoms with Crippen molar-refractivity contribution in [2.45, 2.75) is 9.79 Å². The monoisotopic (exact) mass is 760 g/mol. The van der Waals surface area contributed by atoms with E-state index in [0.29, 0.717) is 11.2 Å². The number of hydrogen-bond acceptors (Lipinski definition) is 5. The Labute approximate surface area is 338 Å². The molecule has 0 saturated heterocycles. The molecule has 11 aromatic rings. The highest BCUT2D eigenvalue weighted by atomic mass is 32.2. The minimum Gasteiger partial charge on any atom is -0.453 e. The SMILES string of the molecule is c1ccc(-c2cccc(N3c4ccccc4Sc4cc(-c5ccc6oc7ccc(-c8ccc9c%10ccccc%10n(-c%10ccccc%10)c9c8)nc7c6n5)ccc43)c2)cc1. The van der Waals surface area contributed by atoms with Crippen molar-refractivity contribution >= 4 is 72.8 Å². The Morgan fingerprint density at radius 2 is 1.02 bits per heavy atom. The summed E-state index contributed by atoms with van der Waals surface area (Å²) in [4.78, 5) is 15.2. The van der Waals surface area contributed by atoms with Crippen molar-refractivity contribution in [3.05, 3.63) is 194 Å². The van der Waals surface area contributed by atoms with E-state index >= 15 is 0 Å². The summed E-state index contributed by atoms with van der Waals surface area (Å²) >= 11 is 1.80. The molecule has 5 heterocycles. The van der Waals surface area contributed by atoms with Crippen LogP contribution in [0.2, 0.25) is 0 Å². The van der Waals surface area contributed by atoms with E-state index in [9.17, 15) is 0 Å². The fourth-order valence-electron chi connectivity index (χ4n) is 8.47. The van der Waals surface area contributed by atoms with Crippen LogP contribution in [0, 0.1) is 0 Å². The van der Waals surface area contributed by atoms with Crippen molar-refractivity contribution in [1.82, 2.24) is 14.5 Å². The van der Waals surface area contributed by atoms with Gasteiger partial charge in [0.05, 0.1) is 33.8 Å². The third-order valence-electron chi connectivity index (χ3n) is 11.2. The standard InChI is InChI=1S/C52H32N4OS/c1-3-12-33(13-4-1)34-14-11-17-38(30-34)56-44-20-9-10-21-49(44)58-50-32-36(23-27-45(50)56)42-26-29-48-52(54-42)51-47(57-48)28-25-41(53-51)35-22-24-40-39-18-7-8-19-43(39)55(46(40)31-35)37-15-5-2-6-16-37/h1-32H. The molecule has 0 atom stereocenters. The molecule has 0 saturated carbocycles. The Morgan fingerprint density at radius 3 is 1.83 bits per heavy atom. The van der Waals surface area contributed by atoms with Gasteiger partial charge in [-0.05, 0) is 96.1 Å². The molecule has 1 aliphatic heterocycles. The normalized spacial score (nSPS) is 12.4. The summed E-state index contributed by atoms with van der Waals surface area (Å²) in [7, 11) is 0. The van der Waals surface area contributed by atoms with Crippen LogP contribution in [-0.4, -0.2) is 14.5 Å². The van der Waals surface area contributed by atoms with Gasteiger partial charge in [0.1, 0.15) is 11.0 Å². The van der Waals surface area contributed by atoms with Crippen LogP contribution in [0.4, 0.5) is 17.1 Å². The molecule has 272 valence electrons. The third-order valence-corrected chi connectivity index (χ3v) is 12.3. The van der Waals surface area contributed by atoms with Crippen LogP contribution >= 0.6 is 11.8 Å². The van der Waals surface area contributed by atoms with Gasteiger partial charge in [0, 0.05) is 43.1 Å². The molecule has 6 heteroatoms. The number of aromatic nitrogens is 3. The molecule has 0 spiro atoms. The number of nitrogens with zero attached hydrogens (tertiary/aromatic N) is 4. The van der Waals surface area contributed by atoms with Crippen molar-refractivity contribution in [3.8, 4) is 39.3 Å². The minimum absolute atomic E-state index is 0.716. The molecule has 4 aromatic heterocycles. The Bertz CT molecular complexity index is 3390. The highest BCUT2D eigenvalue weighted by molar-refractivity contribution is 7.99. The molecule has 0 aliphatic carbocycles. The molecule has 0 amide bonds. The highest BCUT2D eigenvalue weighted by Crippen LogP contribution is 2.52. The molecular weight excluding hydrogens is 729 g/mol. The quantitative estimate of drug-likeness (QED) is 0.175. The van der Waals surface area contributed by atoms with Crippen LogP contribution in [0.1, 0.15) is 0 Å². The molecule has 0 unspecified atom stereocenters. The zero-order chi connectivity index (χ0) is 38.2. The van der Waals surface area contributed by atoms with Crippen molar-refractivity contribution < 1.29 is 4.42 Å². The predicted octanol–water partition coefficient (Wildman–Crippen LogP) is 14.4. The lowest BCUT2D eigenvalue weighted by Gasteiger charge is -2.33. The smallest absolute Gasteiger partial charge is 0.155 e. The fraction of sp³-hybridized carbons (Fsp3) is 0. The first-order valence-electron chi connectivity index (χ1n) is 19.4. The number of para-hydroxylation sites is 3. The average molecular weight is 761 g/mol. The number of rotatable bonds is 5. The predicted molar refractivity (Wildman–Crippen MR) is 239 cm³/mol. The van der Waals surface area contributed by atoms with Gasteiger partial charge >= 0.3 is 0 Å². The first-order chi connectivity index (χ1) is 28.7. The number of hydrogen-bond donors (Lipinski definition) is 0. The van der Waals surface area contributed by atoms with Crippen LogP contribution in [0.3, 0.4) is 0 Å². The number of pyridine rings is 2. The average Bonchev–Trinajstić information content (AvgIpc) is 3.83. The summed E-state index contributed by atoms with van der Waals surface area (Å²) in [5.74, 6) is 0. The van der Waals surface area contributed by atoms with E-state index in [4.69, 9.17) is 14.4 Å². The molecule has 0 fully saturated rings. The van der Waals surface area contributed by atoms with Gasteiger partial charge in [-0.15, -0.1) is 0 Å². The van der Waals surface area contributed by atoms with Gasteiger partial charge in [0.2, 0.25) is 0 Å². The van der Waals surface area contributed by atoms with Crippen LogP contribution in [0.5, 0.6) is 0 Å². The summed E-state index contributed by atoms with van der Waals surface area (Å²) < 4.78 is 8.65. The zero-order valence-corrected chi connectivity index (χ0v) is 31.9. The van der Waals surface area contributed by atoms with E-state index < -0.39 is 0 Å². The molecule has 0 radical (unpaired) electrons. The van der Waals surface area contributed by atoms with E-state index in [1.165, 1.54) is 42.9 Å². The Kier molecular flexibility index (Phi) is 7.40. The first kappa shape index (κ1) is 32.8. The zero-order valence-electron chi connectivity index (χ0n) is 31.1. The fourth-order valence-corrected chi connectivity index (χ4v) is 9.57. The van der Waals surface area contributed by atoms with E-state index in [1.54, 1.807) is 11.8 Å². The molecule has 12 rings (SSSR count). The number of furan rings is 1. The summed E-state index contributed by atoms with van der Waals surface area (Å²) in [5.41, 5.74) is 16.0. The summed E-state index contributed by atoms with van der Waals surface area (Å²) in [5, 5.41) is 2.43. The van der Waals surface area contributed by atoms with E-state index in [-0.39, 0.29) is 0 Å². The molecule has 7 aromatic carbocycles. The van der Waals surface area contributed by atoms with Gasteiger partial charge in [0.25, 0.3) is 0 Å². The summed E-state index contributed by atoms with van der Waals surface area (Å²) in [6.45, 7) is 0. The van der Waals surface area contributed by atoms with Gasteiger partial charge in [-0.25, -0.2) is 9.97 Å². The number of anilines is 3. The lowest BCUT2D eigenvalue weighted by Crippen LogP contribution is -2.14. The lowest BCUT2D eigenvalue weighted by atomic mass is 10.0. The van der Waals surface area contributed by atoms with E-state index in [0.717, 1.165) is 56.1 Å². The second-order valence-corrected chi connectivity index (χ2v) is 15.7. The molecule has 0 bridgehead atoms. The summed E-state index contributed by atoms with van der Waals surface area (Å²) in [6, 6.07) is 68.6. The van der Waals surface area contributed by atoms with Gasteiger partial charge < -0.3 is 13.9 Å². The molecular formula is C52H32N4OS. The van der Waals surface area contributed by atoms with Crippen LogP contribution < -0.4 is 4.90 Å². The summed E-state index contributed by atoms with van der Waals surface area (Å²) in [6.07, 6.45) is 0. The second-order valence-electron chi connectivity index (χ2n) is 14.6. The van der Waals surface area contributed by atoms with Crippen molar-refractivity contribution in [2.24, 2.45) is 0 Å². The Balaban J connectivity index is 0.945. The van der Waals surface area contributed by atoms with E-state index in [2.05, 4.69) is 179 Å². The Morgan fingerprint density at radius 1 is 0.397 bits per heavy atom. The van der Waals surface area contributed by atoms with Crippen molar-refractivity contribution in [2.75, 3.05) is 4.90 Å². The molecule has 1 aliphatic rings. The molecule has 58 heavy (non-hydrogen) atoms. The van der Waals surface area contributed by atoms with Gasteiger partial charge in [-0.1, -0.05) is 121 Å². The maximum absolute atomic E-state index is 6.32. The maximum Gasteiger partial charge on any atom is 0.155 e. The van der Waals surface area contributed by atoms with Gasteiger partial charge in [0.15, 0.2) is 11.2 Å². The van der Waals surface area contributed by atoms with Crippen LogP contribution in [0.25, 0.3) is 83.3 Å². The van der Waals surface area contributed by atoms with Crippen molar-refractivity contribution in [1.29, 1.82) is 0 Å². The highest BCUT2D eigenvalue weighted by Gasteiger charge is 2.26. The Hall–Kier alpha value is -7.41. The van der Waals surface area contributed by atoms with Crippen LogP contribution in [-0.2, 0) is 0 Å². The first-order valence-corrected chi connectivity index (χ1v) is 20.2. The number of fused-ring (bicyclic) bond motifs is 8. The lowest BCUT2D eigenvalue weighted by molar-refractivity contribution is 0.667. The third kappa shape index (κ3) is 5.26. The van der Waals surface area contributed by atoms with Crippen molar-refractivity contribution in [3.63, 3.8) is 0 Å². The largest absolute Gasteiger partial charge is 0.453 e. The van der Waals surface area contributed by atoms with Crippen LogP contribution in [0.15, 0.2) is 208 Å². The number of benzene rings is 7. The topological polar surface area (TPSA) is 47.1 Å². The van der Waals surface area contributed by atoms with Gasteiger partial charge in [-0.3, -0.25) is 0 Å². The second kappa shape index (κ2) is 13.1. The van der Waals surface area contributed by atoms with E-state index in [1.807, 2.05) is 24.3 Å². The minimum atomic E-state index is 0.716. The van der Waals surface area contributed by atoms with Gasteiger partial charge in [-0.2, -0.15) is 0 Å². The molecule has 5 nitrogen and oxygen atoms in total.